The Bertz CT molecular complexity index is 983. The number of halogens is 1. The van der Waals surface area contributed by atoms with Gasteiger partial charge in [0, 0.05) is 22.2 Å². The molecule has 0 aliphatic carbocycles. The monoisotopic (exact) mass is 374 g/mol. The summed E-state index contributed by atoms with van der Waals surface area (Å²) in [7, 11) is 1.46. The number of amides is 2. The maximum atomic E-state index is 12.4. The van der Waals surface area contributed by atoms with Crippen LogP contribution in [0, 0.1) is 0 Å². The zero-order valence-corrected chi connectivity index (χ0v) is 14.5. The highest BCUT2D eigenvalue weighted by molar-refractivity contribution is 6.31. The molecule has 7 nitrogen and oxygen atoms in total. The maximum Gasteiger partial charge on any atom is 0.291 e. The molecule has 0 unspecified atom stereocenters. The van der Waals surface area contributed by atoms with Crippen molar-refractivity contribution in [3.63, 3.8) is 0 Å². The Morgan fingerprint density at radius 1 is 1.15 bits per heavy atom. The van der Waals surface area contributed by atoms with Crippen LogP contribution in [-0.4, -0.2) is 25.5 Å². The number of rotatable bonds is 6. The topological polar surface area (TPSA) is 104 Å². The highest BCUT2D eigenvalue weighted by atomic mass is 35.5. The molecule has 134 valence electrons. The molecule has 0 fully saturated rings. The molecule has 0 bridgehead atoms. The Kier molecular flexibility index (Phi) is 4.99. The van der Waals surface area contributed by atoms with Crippen LogP contribution >= 0.6 is 11.6 Å². The van der Waals surface area contributed by atoms with Crippen molar-refractivity contribution >= 4 is 40.1 Å². The molecule has 3 N–H and O–H groups in total. The van der Waals surface area contributed by atoms with Gasteiger partial charge < -0.3 is 24.9 Å². The molecule has 3 aromatic rings. The molecule has 2 amide bonds. The first kappa shape index (κ1) is 17.6. The summed E-state index contributed by atoms with van der Waals surface area (Å²) in [6.07, 6.45) is 0. The van der Waals surface area contributed by atoms with Gasteiger partial charge >= 0.3 is 0 Å². The predicted octanol–water partition coefficient (Wildman–Crippen LogP) is 3.21. The number of carbonyl (C=O) groups is 2. The molecule has 2 aromatic carbocycles. The molecule has 26 heavy (non-hydrogen) atoms. The molecule has 8 heteroatoms. The minimum Gasteiger partial charge on any atom is -0.493 e. The Hall–Kier alpha value is -3.19. The minimum absolute atomic E-state index is 0.137. The standard InChI is InChI=1S/C18H15ClN2O5/c1-24-14-5-3-12(8-15(14)25-9-17(20)22)21-18(23)16-7-10-6-11(19)2-4-13(10)26-16/h2-8H,9H2,1H3,(H2,20,22)(H,21,23). The van der Waals surface area contributed by atoms with E-state index in [1.54, 1.807) is 36.4 Å². The molecule has 1 heterocycles. The second-order valence-corrected chi connectivity index (χ2v) is 5.80. The number of ether oxygens (including phenoxy) is 2. The SMILES string of the molecule is COc1ccc(NC(=O)c2cc3cc(Cl)ccc3o2)cc1OCC(N)=O. The van der Waals surface area contributed by atoms with Crippen LogP contribution in [0.3, 0.4) is 0 Å². The van der Waals surface area contributed by atoms with Crippen LogP contribution in [0.5, 0.6) is 11.5 Å². The van der Waals surface area contributed by atoms with Crippen LogP contribution in [0.15, 0.2) is 46.9 Å². The summed E-state index contributed by atoms with van der Waals surface area (Å²) in [6.45, 7) is -0.307. The fraction of sp³-hybridized carbons (Fsp3) is 0.111. The van der Waals surface area contributed by atoms with Gasteiger partial charge in [0.25, 0.3) is 11.8 Å². The second-order valence-electron chi connectivity index (χ2n) is 5.37. The van der Waals surface area contributed by atoms with Gasteiger partial charge in [0.2, 0.25) is 0 Å². The molecule has 0 spiro atoms. The number of hydrogen-bond donors (Lipinski definition) is 2. The van der Waals surface area contributed by atoms with E-state index in [4.69, 9.17) is 31.2 Å². The van der Waals surface area contributed by atoms with E-state index in [9.17, 15) is 9.59 Å². The number of benzene rings is 2. The molecule has 0 aliphatic heterocycles. The molecule has 0 radical (unpaired) electrons. The van der Waals surface area contributed by atoms with Crippen LogP contribution in [0.2, 0.25) is 5.02 Å². The first-order chi connectivity index (χ1) is 12.5. The number of nitrogens with one attached hydrogen (secondary N) is 1. The van der Waals surface area contributed by atoms with Crippen molar-refractivity contribution in [2.24, 2.45) is 5.73 Å². The first-order valence-corrected chi connectivity index (χ1v) is 7.93. The van der Waals surface area contributed by atoms with Crippen molar-refractivity contribution in [2.75, 3.05) is 19.0 Å². The summed E-state index contributed by atoms with van der Waals surface area (Å²) in [5.74, 6) is -0.244. The number of hydrogen-bond acceptors (Lipinski definition) is 5. The van der Waals surface area contributed by atoms with Gasteiger partial charge in [-0.05, 0) is 36.4 Å². The van der Waals surface area contributed by atoms with Gasteiger partial charge in [0.05, 0.1) is 7.11 Å². The Morgan fingerprint density at radius 2 is 1.96 bits per heavy atom. The van der Waals surface area contributed by atoms with Crippen LogP contribution in [0.25, 0.3) is 11.0 Å². The lowest BCUT2D eigenvalue weighted by molar-refractivity contribution is -0.119. The number of furan rings is 1. The summed E-state index contributed by atoms with van der Waals surface area (Å²) in [6, 6.07) is 11.4. The van der Waals surface area contributed by atoms with Crippen LogP contribution in [0.1, 0.15) is 10.6 Å². The van der Waals surface area contributed by atoms with Gasteiger partial charge in [-0.1, -0.05) is 11.6 Å². The third kappa shape index (κ3) is 3.89. The lowest BCUT2D eigenvalue weighted by Gasteiger charge is -2.11. The average Bonchev–Trinajstić information content (AvgIpc) is 3.03. The minimum atomic E-state index is -0.623. The predicted molar refractivity (Wildman–Crippen MR) is 96.9 cm³/mol. The third-order valence-corrected chi connectivity index (χ3v) is 3.73. The van der Waals surface area contributed by atoms with Crippen molar-refractivity contribution < 1.29 is 23.5 Å². The molecule has 3 rings (SSSR count). The molecular weight excluding hydrogens is 360 g/mol. The Labute approximate surface area is 153 Å². The Morgan fingerprint density at radius 3 is 2.69 bits per heavy atom. The lowest BCUT2D eigenvalue weighted by atomic mass is 10.2. The summed E-state index contributed by atoms with van der Waals surface area (Å²) >= 11 is 5.93. The molecule has 1 aromatic heterocycles. The van der Waals surface area contributed by atoms with Crippen molar-refractivity contribution in [3.05, 3.63) is 53.2 Å². The second kappa shape index (κ2) is 7.37. The van der Waals surface area contributed by atoms with E-state index in [-0.39, 0.29) is 18.1 Å². The van der Waals surface area contributed by atoms with Gasteiger partial charge in [-0.15, -0.1) is 0 Å². The molecule has 0 atom stereocenters. The molecule has 0 saturated carbocycles. The van der Waals surface area contributed by atoms with Gasteiger partial charge in [-0.2, -0.15) is 0 Å². The first-order valence-electron chi connectivity index (χ1n) is 7.56. The van der Waals surface area contributed by atoms with Crippen LogP contribution in [-0.2, 0) is 4.79 Å². The van der Waals surface area contributed by atoms with E-state index >= 15 is 0 Å². The third-order valence-electron chi connectivity index (χ3n) is 3.49. The Balaban J connectivity index is 1.81. The quantitative estimate of drug-likeness (QED) is 0.689. The van der Waals surface area contributed by atoms with Gasteiger partial charge in [-0.3, -0.25) is 9.59 Å². The molecule has 0 saturated heterocycles. The van der Waals surface area contributed by atoms with E-state index in [0.29, 0.717) is 22.0 Å². The zero-order chi connectivity index (χ0) is 18.7. The smallest absolute Gasteiger partial charge is 0.291 e. The number of nitrogens with two attached hydrogens (primary N) is 1. The van der Waals surface area contributed by atoms with Crippen molar-refractivity contribution in [2.45, 2.75) is 0 Å². The van der Waals surface area contributed by atoms with E-state index < -0.39 is 11.8 Å². The number of carbonyl (C=O) groups excluding carboxylic acids is 2. The maximum absolute atomic E-state index is 12.4. The number of anilines is 1. The van der Waals surface area contributed by atoms with E-state index in [0.717, 1.165) is 5.39 Å². The van der Waals surface area contributed by atoms with Gasteiger partial charge in [0.1, 0.15) is 5.58 Å². The average molecular weight is 375 g/mol. The van der Waals surface area contributed by atoms with Crippen LogP contribution in [0.4, 0.5) is 5.69 Å². The summed E-state index contributed by atoms with van der Waals surface area (Å²) in [5, 5.41) is 3.97. The number of methoxy groups -OCH3 is 1. The molecule has 0 aliphatic rings. The fourth-order valence-electron chi connectivity index (χ4n) is 2.33. The highest BCUT2D eigenvalue weighted by Crippen LogP contribution is 2.31. The number of primary amides is 1. The zero-order valence-electron chi connectivity index (χ0n) is 13.7. The van der Waals surface area contributed by atoms with Crippen molar-refractivity contribution in [1.82, 2.24) is 0 Å². The summed E-state index contributed by atoms with van der Waals surface area (Å²) < 4.78 is 16.0. The van der Waals surface area contributed by atoms with E-state index in [1.165, 1.54) is 13.2 Å². The van der Waals surface area contributed by atoms with Gasteiger partial charge in [0.15, 0.2) is 23.9 Å². The molecular formula is C18H15ClN2O5. The van der Waals surface area contributed by atoms with Crippen molar-refractivity contribution in [3.8, 4) is 11.5 Å². The lowest BCUT2D eigenvalue weighted by Crippen LogP contribution is -2.20. The van der Waals surface area contributed by atoms with E-state index in [1.807, 2.05) is 0 Å². The summed E-state index contributed by atoms with van der Waals surface area (Å²) in [5.41, 5.74) is 6.07. The number of fused-ring (bicyclic) bond motifs is 1. The largest absolute Gasteiger partial charge is 0.493 e. The van der Waals surface area contributed by atoms with E-state index in [2.05, 4.69) is 5.32 Å². The van der Waals surface area contributed by atoms with Crippen molar-refractivity contribution in [1.29, 1.82) is 0 Å². The van der Waals surface area contributed by atoms with Gasteiger partial charge in [-0.25, -0.2) is 0 Å². The van der Waals surface area contributed by atoms with Crippen LogP contribution < -0.4 is 20.5 Å². The summed E-state index contributed by atoms with van der Waals surface area (Å²) in [4.78, 5) is 23.3. The fourth-order valence-corrected chi connectivity index (χ4v) is 2.52. The highest BCUT2D eigenvalue weighted by Gasteiger charge is 2.14. The normalized spacial score (nSPS) is 10.5.